The summed E-state index contributed by atoms with van der Waals surface area (Å²) in [4.78, 5) is 46.2. The van der Waals surface area contributed by atoms with E-state index in [9.17, 15) is 28.3 Å². The lowest BCUT2D eigenvalue weighted by Crippen LogP contribution is -2.43. The molecule has 1 aromatic heterocycles. The zero-order valence-corrected chi connectivity index (χ0v) is 23.1. The van der Waals surface area contributed by atoms with Crippen molar-refractivity contribution in [1.82, 2.24) is 14.9 Å². The van der Waals surface area contributed by atoms with Gasteiger partial charge in [0.05, 0.1) is 35.6 Å². The summed E-state index contributed by atoms with van der Waals surface area (Å²) < 4.78 is 33.9. The molecule has 0 saturated carbocycles. The Bertz CT molecular complexity index is 1540. The third kappa shape index (κ3) is 5.98. The number of nitrogens with one attached hydrogen (secondary N) is 1. The maximum atomic E-state index is 14.0. The molecule has 0 fully saturated rings. The van der Waals surface area contributed by atoms with Crippen LogP contribution in [0.15, 0.2) is 41.2 Å². The minimum Gasteiger partial charge on any atom is -0.471 e. The highest BCUT2D eigenvalue weighted by Crippen LogP contribution is 2.38. The largest absolute Gasteiger partial charge is 0.471 e. The first-order chi connectivity index (χ1) is 18.8. The molecule has 40 heavy (non-hydrogen) atoms. The van der Waals surface area contributed by atoms with Crippen LogP contribution in [-0.2, 0) is 16.2 Å². The summed E-state index contributed by atoms with van der Waals surface area (Å²) in [6.45, 7) is 4.18. The monoisotopic (exact) mass is 575 g/mol. The first-order valence-corrected chi connectivity index (χ1v) is 12.7. The van der Waals surface area contributed by atoms with Crippen LogP contribution in [0, 0.1) is 18.6 Å². The van der Waals surface area contributed by atoms with Gasteiger partial charge in [-0.2, -0.15) is 4.98 Å². The van der Waals surface area contributed by atoms with Gasteiger partial charge >= 0.3 is 0 Å². The van der Waals surface area contributed by atoms with Gasteiger partial charge in [0.2, 0.25) is 17.7 Å². The lowest BCUT2D eigenvalue weighted by Gasteiger charge is -2.23. The maximum absolute atomic E-state index is 14.0. The summed E-state index contributed by atoms with van der Waals surface area (Å²) in [5.41, 5.74) is -0.728. The number of carbonyl (C=O) groups is 2. The van der Waals surface area contributed by atoms with Crippen LogP contribution in [0.2, 0.25) is 5.02 Å². The first kappa shape index (κ1) is 29.1. The second kappa shape index (κ2) is 11.3. The van der Waals surface area contributed by atoms with Crippen LogP contribution in [0.4, 0.5) is 20.2 Å². The molecule has 3 aromatic rings. The molecular weight excluding hydrogens is 548 g/mol. The number of nitrogens with zero attached hydrogens (tertiary/aromatic N) is 4. The molecule has 2 aromatic carbocycles. The number of aryl methyl sites for hydroxylation is 1. The quantitative estimate of drug-likeness (QED) is 0.424. The lowest BCUT2D eigenvalue weighted by atomic mass is 10.0. The second-order valence-corrected chi connectivity index (χ2v) is 10.3. The van der Waals surface area contributed by atoms with Gasteiger partial charge in [-0.3, -0.25) is 28.8 Å². The zero-order valence-electron chi connectivity index (χ0n) is 22.3. The normalized spacial score (nSPS) is 13.0. The van der Waals surface area contributed by atoms with E-state index < -0.39 is 22.8 Å². The fourth-order valence-corrected chi connectivity index (χ4v) is 4.48. The Morgan fingerprint density at radius 2 is 1.82 bits per heavy atom. The predicted molar refractivity (Wildman–Crippen MR) is 145 cm³/mol. The topological polar surface area (TPSA) is 117 Å². The summed E-state index contributed by atoms with van der Waals surface area (Å²) >= 11 is 6.29. The van der Waals surface area contributed by atoms with E-state index in [-0.39, 0.29) is 60.3 Å². The molecule has 212 valence electrons. The van der Waals surface area contributed by atoms with Crippen molar-refractivity contribution < 1.29 is 28.2 Å². The van der Waals surface area contributed by atoms with Crippen LogP contribution >= 0.6 is 11.6 Å². The number of amides is 2. The van der Waals surface area contributed by atoms with Crippen molar-refractivity contribution in [3.8, 4) is 11.6 Å². The SMILES string of the molecule is CNCC(=O)N1CN(C(=O)CC(C)(C)O)c2ccc(-n3c(C)nc(OCc4ccc(F)cc4F)c(Cl)c3=O)cc21. The number of rotatable bonds is 8. The Labute approximate surface area is 233 Å². The first-order valence-electron chi connectivity index (χ1n) is 12.3. The highest BCUT2D eigenvalue weighted by Gasteiger charge is 2.35. The van der Waals surface area contributed by atoms with Gasteiger partial charge in [0.15, 0.2) is 5.02 Å². The van der Waals surface area contributed by atoms with Crippen LogP contribution < -0.4 is 25.4 Å². The number of benzene rings is 2. The van der Waals surface area contributed by atoms with Crippen LogP contribution in [-0.4, -0.2) is 52.3 Å². The fraction of sp³-hybridized carbons (Fsp3) is 0.333. The minimum atomic E-state index is -1.25. The molecule has 2 amide bonds. The van der Waals surface area contributed by atoms with Crippen LogP contribution in [0.3, 0.4) is 0 Å². The Morgan fingerprint density at radius 3 is 2.48 bits per heavy atom. The average molecular weight is 576 g/mol. The van der Waals surface area contributed by atoms with Crippen LogP contribution in [0.25, 0.3) is 5.69 Å². The van der Waals surface area contributed by atoms with Gasteiger partial charge in [0.25, 0.3) is 5.56 Å². The second-order valence-electron chi connectivity index (χ2n) is 9.92. The van der Waals surface area contributed by atoms with Crippen molar-refractivity contribution in [3.63, 3.8) is 0 Å². The minimum absolute atomic E-state index is 0.00420. The molecule has 2 heterocycles. The van der Waals surface area contributed by atoms with Crippen molar-refractivity contribution in [1.29, 1.82) is 0 Å². The smallest absolute Gasteiger partial charge is 0.280 e. The predicted octanol–water partition coefficient (Wildman–Crippen LogP) is 3.07. The maximum Gasteiger partial charge on any atom is 0.280 e. The van der Waals surface area contributed by atoms with Crippen LogP contribution in [0.1, 0.15) is 31.7 Å². The molecule has 0 bridgehead atoms. The average Bonchev–Trinajstić information content (AvgIpc) is 3.25. The van der Waals surface area contributed by atoms with Gasteiger partial charge in [-0.1, -0.05) is 11.6 Å². The summed E-state index contributed by atoms with van der Waals surface area (Å²) in [5.74, 6) is -2.27. The van der Waals surface area contributed by atoms with Gasteiger partial charge in [0, 0.05) is 11.6 Å². The van der Waals surface area contributed by atoms with E-state index in [4.69, 9.17) is 16.3 Å². The Hall–Kier alpha value is -3.87. The number of carbonyl (C=O) groups excluding carboxylic acids is 2. The van der Waals surface area contributed by atoms with Crippen LogP contribution in [0.5, 0.6) is 5.88 Å². The molecule has 0 radical (unpaired) electrons. The standard InChI is InChI=1S/C27H28ClF2N5O5/c1-15-32-25(40-13-16-5-6-17(29)9-19(16)30)24(28)26(38)35(15)18-7-8-20-21(10-18)34(23(37)12-31-4)14-33(20)22(36)11-27(2,3)39/h5-10,31,39H,11-14H2,1-4H3. The molecule has 1 aliphatic rings. The number of halogens is 3. The number of fused-ring (bicyclic) bond motifs is 1. The van der Waals surface area contributed by atoms with Gasteiger partial charge in [0.1, 0.15) is 30.7 Å². The van der Waals surface area contributed by atoms with Gasteiger partial charge in [-0.15, -0.1) is 0 Å². The molecule has 13 heteroatoms. The third-order valence-corrected chi connectivity index (χ3v) is 6.46. The van der Waals surface area contributed by atoms with E-state index in [1.165, 1.54) is 34.3 Å². The molecule has 1 aliphatic heterocycles. The molecule has 4 rings (SSSR count). The highest BCUT2D eigenvalue weighted by atomic mass is 35.5. The molecular formula is C27H28ClF2N5O5. The lowest BCUT2D eigenvalue weighted by molar-refractivity contribution is -0.122. The number of hydrogen-bond acceptors (Lipinski definition) is 7. The Kier molecular flexibility index (Phi) is 8.24. The van der Waals surface area contributed by atoms with E-state index >= 15 is 0 Å². The van der Waals surface area contributed by atoms with E-state index in [1.807, 2.05) is 0 Å². The van der Waals surface area contributed by atoms with Gasteiger partial charge in [-0.25, -0.2) is 8.78 Å². The third-order valence-electron chi connectivity index (χ3n) is 6.14. The molecule has 10 nitrogen and oxygen atoms in total. The van der Waals surface area contributed by atoms with E-state index in [2.05, 4.69) is 10.3 Å². The summed E-state index contributed by atoms with van der Waals surface area (Å²) in [7, 11) is 1.62. The van der Waals surface area contributed by atoms with Crippen molar-refractivity contribution in [2.24, 2.45) is 0 Å². The Morgan fingerprint density at radius 1 is 1.12 bits per heavy atom. The number of aromatic nitrogens is 2. The number of anilines is 2. The van der Waals surface area contributed by atoms with Crippen molar-refractivity contribution in [2.45, 2.75) is 39.4 Å². The fourth-order valence-electron chi connectivity index (χ4n) is 4.29. The molecule has 0 spiro atoms. The number of hydrogen-bond donors (Lipinski definition) is 2. The zero-order chi connectivity index (χ0) is 29.4. The molecule has 0 unspecified atom stereocenters. The van der Waals surface area contributed by atoms with Gasteiger partial charge in [-0.05, 0) is 58.2 Å². The molecule has 2 N–H and O–H groups in total. The van der Waals surface area contributed by atoms with E-state index in [1.54, 1.807) is 32.2 Å². The number of aliphatic hydroxyl groups is 1. The molecule has 0 atom stereocenters. The van der Waals surface area contributed by atoms with Crippen molar-refractivity contribution in [2.75, 3.05) is 30.1 Å². The summed E-state index contributed by atoms with van der Waals surface area (Å²) in [6.07, 6.45) is -0.163. The Balaban J connectivity index is 1.70. The highest BCUT2D eigenvalue weighted by molar-refractivity contribution is 6.31. The van der Waals surface area contributed by atoms with E-state index in [0.717, 1.165) is 12.1 Å². The molecule has 0 saturated heterocycles. The van der Waals surface area contributed by atoms with Crippen molar-refractivity contribution in [3.05, 3.63) is 74.8 Å². The molecule has 0 aliphatic carbocycles. The summed E-state index contributed by atoms with van der Waals surface area (Å²) in [5, 5.41) is 12.6. The number of likely N-dealkylation sites (N-methyl/N-ethyl adjacent to an activating group) is 1. The van der Waals surface area contributed by atoms with Gasteiger partial charge < -0.3 is 15.2 Å². The number of ether oxygens (including phenoxy) is 1. The van der Waals surface area contributed by atoms with Crippen molar-refractivity contribution >= 4 is 34.8 Å². The summed E-state index contributed by atoms with van der Waals surface area (Å²) in [6, 6.07) is 7.76. The van der Waals surface area contributed by atoms with E-state index in [0.29, 0.717) is 17.1 Å².